The highest BCUT2D eigenvalue weighted by molar-refractivity contribution is 6.43. The molecule has 2 rings (SSSR count). The fourth-order valence-electron chi connectivity index (χ4n) is 2.17. The molecule has 0 aromatic heterocycles. The first-order valence-corrected chi connectivity index (χ1v) is 6.22. The lowest BCUT2D eigenvalue weighted by Crippen LogP contribution is -2.09. The summed E-state index contributed by atoms with van der Waals surface area (Å²) >= 11 is 0. The number of Topliss-reactive ketones (excluding diaryl/α,β-unsaturated/α-hetero) is 2. The normalized spacial score (nSPS) is 10.3. The van der Waals surface area contributed by atoms with E-state index in [4.69, 9.17) is 0 Å². The van der Waals surface area contributed by atoms with Crippen LogP contribution in [-0.2, 0) is 4.79 Å². The maximum absolute atomic E-state index is 11.7. The molecule has 0 bridgehead atoms. The molecule has 0 fully saturated rings. The number of carbonyl (C=O) groups is 2. The van der Waals surface area contributed by atoms with Crippen molar-refractivity contribution in [1.29, 1.82) is 0 Å². The van der Waals surface area contributed by atoms with Crippen molar-refractivity contribution in [3.05, 3.63) is 59.2 Å². The summed E-state index contributed by atoms with van der Waals surface area (Å²) in [4.78, 5) is 22.9. The predicted octanol–water partition coefficient (Wildman–Crippen LogP) is 3.74. The van der Waals surface area contributed by atoms with Crippen molar-refractivity contribution in [2.45, 2.75) is 20.8 Å². The van der Waals surface area contributed by atoms with Crippen molar-refractivity contribution in [3.8, 4) is 11.1 Å². The van der Waals surface area contributed by atoms with Crippen LogP contribution < -0.4 is 0 Å². The topological polar surface area (TPSA) is 34.1 Å². The van der Waals surface area contributed by atoms with E-state index in [1.165, 1.54) is 12.5 Å². The highest BCUT2D eigenvalue weighted by atomic mass is 16.2. The Morgan fingerprint density at radius 3 is 2.32 bits per heavy atom. The Balaban J connectivity index is 2.49. The van der Waals surface area contributed by atoms with Gasteiger partial charge in [-0.05, 0) is 36.6 Å². The minimum Gasteiger partial charge on any atom is -0.291 e. The second kappa shape index (κ2) is 5.19. The van der Waals surface area contributed by atoms with Crippen LogP contribution in [0.15, 0.2) is 42.5 Å². The van der Waals surface area contributed by atoms with Crippen molar-refractivity contribution in [1.82, 2.24) is 0 Å². The van der Waals surface area contributed by atoms with Gasteiger partial charge in [-0.1, -0.05) is 42.0 Å². The Morgan fingerprint density at radius 2 is 1.68 bits per heavy atom. The molecule has 2 aromatic carbocycles. The molecule has 0 aliphatic rings. The number of benzene rings is 2. The van der Waals surface area contributed by atoms with Gasteiger partial charge in [0.1, 0.15) is 0 Å². The number of hydrogen-bond donors (Lipinski definition) is 0. The summed E-state index contributed by atoms with van der Waals surface area (Å²) in [5, 5.41) is 0. The third kappa shape index (κ3) is 2.79. The minimum atomic E-state index is -0.438. The number of hydrogen-bond acceptors (Lipinski definition) is 2. The van der Waals surface area contributed by atoms with Crippen LogP contribution in [-0.4, -0.2) is 11.6 Å². The standard InChI is InChI=1S/C17H16O2/c1-11-7-8-16(12(2)9-11)14-5-4-6-15(10-14)17(19)13(3)18/h4-10H,1-3H3. The van der Waals surface area contributed by atoms with Crippen LogP contribution in [0.1, 0.15) is 28.4 Å². The van der Waals surface area contributed by atoms with E-state index in [2.05, 4.69) is 6.07 Å². The van der Waals surface area contributed by atoms with E-state index in [1.807, 2.05) is 38.1 Å². The average Bonchev–Trinajstić information content (AvgIpc) is 2.38. The summed E-state index contributed by atoms with van der Waals surface area (Å²) in [6.45, 7) is 5.39. The third-order valence-corrected chi connectivity index (χ3v) is 3.14. The molecule has 0 unspecified atom stereocenters. The van der Waals surface area contributed by atoms with Crippen molar-refractivity contribution in [2.24, 2.45) is 0 Å². The summed E-state index contributed by atoms with van der Waals surface area (Å²) in [5.74, 6) is -0.871. The fraction of sp³-hybridized carbons (Fsp3) is 0.176. The number of ketones is 2. The first-order chi connectivity index (χ1) is 8.99. The monoisotopic (exact) mass is 252 g/mol. The highest BCUT2D eigenvalue weighted by Crippen LogP contribution is 2.25. The smallest absolute Gasteiger partial charge is 0.228 e. The molecule has 0 spiro atoms. The van der Waals surface area contributed by atoms with Crippen LogP contribution in [0.2, 0.25) is 0 Å². The van der Waals surface area contributed by atoms with Crippen LogP contribution in [0, 0.1) is 13.8 Å². The van der Waals surface area contributed by atoms with E-state index < -0.39 is 11.6 Å². The van der Waals surface area contributed by atoms with E-state index in [0.29, 0.717) is 5.56 Å². The van der Waals surface area contributed by atoms with E-state index >= 15 is 0 Å². The largest absolute Gasteiger partial charge is 0.291 e. The molecule has 0 aliphatic heterocycles. The number of rotatable bonds is 3. The molecule has 0 atom stereocenters. The summed E-state index contributed by atoms with van der Waals surface area (Å²) in [6.07, 6.45) is 0. The summed E-state index contributed by atoms with van der Waals surface area (Å²) in [6, 6.07) is 13.4. The first kappa shape index (κ1) is 13.2. The molecule has 96 valence electrons. The van der Waals surface area contributed by atoms with Crippen molar-refractivity contribution < 1.29 is 9.59 Å². The van der Waals surface area contributed by atoms with Gasteiger partial charge in [0.2, 0.25) is 5.78 Å². The molecule has 0 radical (unpaired) electrons. The van der Waals surface area contributed by atoms with Gasteiger partial charge in [-0.15, -0.1) is 0 Å². The lowest BCUT2D eigenvalue weighted by atomic mass is 9.96. The molecule has 2 aromatic rings. The van der Waals surface area contributed by atoms with Gasteiger partial charge in [0.25, 0.3) is 0 Å². The quantitative estimate of drug-likeness (QED) is 0.616. The molecule has 0 saturated heterocycles. The highest BCUT2D eigenvalue weighted by Gasteiger charge is 2.12. The molecule has 2 heteroatoms. The zero-order chi connectivity index (χ0) is 14.0. The maximum Gasteiger partial charge on any atom is 0.228 e. The fourth-order valence-corrected chi connectivity index (χ4v) is 2.17. The van der Waals surface area contributed by atoms with Gasteiger partial charge in [-0.25, -0.2) is 0 Å². The zero-order valence-corrected chi connectivity index (χ0v) is 11.4. The van der Waals surface area contributed by atoms with Gasteiger partial charge in [0.05, 0.1) is 0 Å². The molecular weight excluding hydrogens is 236 g/mol. The van der Waals surface area contributed by atoms with Crippen LogP contribution >= 0.6 is 0 Å². The van der Waals surface area contributed by atoms with Gasteiger partial charge in [0.15, 0.2) is 5.78 Å². The molecule has 0 saturated carbocycles. The lowest BCUT2D eigenvalue weighted by Gasteiger charge is -2.08. The second-order valence-corrected chi connectivity index (χ2v) is 4.78. The van der Waals surface area contributed by atoms with Crippen LogP contribution in [0.3, 0.4) is 0 Å². The van der Waals surface area contributed by atoms with E-state index in [9.17, 15) is 9.59 Å². The van der Waals surface area contributed by atoms with Crippen molar-refractivity contribution in [2.75, 3.05) is 0 Å². The Bertz CT molecular complexity index is 654. The Labute approximate surface area is 113 Å². The lowest BCUT2D eigenvalue weighted by molar-refractivity contribution is -0.113. The Morgan fingerprint density at radius 1 is 0.947 bits per heavy atom. The third-order valence-electron chi connectivity index (χ3n) is 3.14. The zero-order valence-electron chi connectivity index (χ0n) is 11.4. The van der Waals surface area contributed by atoms with E-state index in [1.54, 1.807) is 12.1 Å². The van der Waals surface area contributed by atoms with Gasteiger partial charge < -0.3 is 0 Å². The molecule has 0 aliphatic carbocycles. The van der Waals surface area contributed by atoms with Crippen molar-refractivity contribution in [3.63, 3.8) is 0 Å². The SMILES string of the molecule is CC(=O)C(=O)c1cccc(-c2ccc(C)cc2C)c1. The minimum absolute atomic E-state index is 0.433. The second-order valence-electron chi connectivity index (χ2n) is 4.78. The molecule has 2 nitrogen and oxygen atoms in total. The summed E-state index contributed by atoms with van der Waals surface area (Å²) < 4.78 is 0. The number of carbonyl (C=O) groups excluding carboxylic acids is 2. The van der Waals surface area contributed by atoms with Gasteiger partial charge in [-0.2, -0.15) is 0 Å². The molecular formula is C17H16O2. The molecule has 0 amide bonds. The Hall–Kier alpha value is -2.22. The van der Waals surface area contributed by atoms with Crippen LogP contribution in [0.4, 0.5) is 0 Å². The molecule has 0 N–H and O–H groups in total. The van der Waals surface area contributed by atoms with Crippen LogP contribution in [0.5, 0.6) is 0 Å². The first-order valence-electron chi connectivity index (χ1n) is 6.22. The maximum atomic E-state index is 11.7. The average molecular weight is 252 g/mol. The Kier molecular flexibility index (Phi) is 3.61. The summed E-state index contributed by atoms with van der Waals surface area (Å²) in [7, 11) is 0. The summed E-state index contributed by atoms with van der Waals surface area (Å²) in [5.41, 5.74) is 4.86. The van der Waals surface area contributed by atoms with Gasteiger partial charge >= 0.3 is 0 Å². The molecule has 0 heterocycles. The van der Waals surface area contributed by atoms with E-state index in [0.717, 1.165) is 16.7 Å². The van der Waals surface area contributed by atoms with Gasteiger partial charge in [0, 0.05) is 12.5 Å². The van der Waals surface area contributed by atoms with E-state index in [-0.39, 0.29) is 0 Å². The predicted molar refractivity (Wildman–Crippen MR) is 76.4 cm³/mol. The van der Waals surface area contributed by atoms with Crippen LogP contribution in [0.25, 0.3) is 11.1 Å². The number of aryl methyl sites for hydroxylation is 2. The van der Waals surface area contributed by atoms with Crippen molar-refractivity contribution >= 4 is 11.6 Å². The molecule has 19 heavy (non-hydrogen) atoms. The van der Waals surface area contributed by atoms with Gasteiger partial charge in [-0.3, -0.25) is 9.59 Å².